The number of rotatable bonds is 0. The largest absolute Gasteiger partial charge is 0.487 e. The highest BCUT2D eigenvalue weighted by Crippen LogP contribution is 2.56. The van der Waals surface area contributed by atoms with Crippen molar-refractivity contribution >= 4 is 0 Å². The molecule has 2 nitrogen and oxygen atoms in total. The van der Waals surface area contributed by atoms with Crippen LogP contribution < -0.4 is 4.74 Å². The molecule has 1 saturated carbocycles. The van der Waals surface area contributed by atoms with Gasteiger partial charge in [-0.15, -0.1) is 0 Å². The summed E-state index contributed by atoms with van der Waals surface area (Å²) in [5, 5.41) is 0. The predicted octanol–water partition coefficient (Wildman–Crippen LogP) is 3.57. The maximum Gasteiger partial charge on any atom is 0.125 e. The Labute approximate surface area is 108 Å². The Bertz CT molecular complexity index is 484. The predicted molar refractivity (Wildman–Crippen MR) is 69.5 cm³/mol. The topological polar surface area (TPSA) is 18.5 Å². The number of hydrogen-bond acceptors (Lipinski definition) is 2. The van der Waals surface area contributed by atoms with Gasteiger partial charge in [-0.1, -0.05) is 25.1 Å². The fraction of sp³-hybridized carbons (Fsp3) is 0.625. The Kier molecular flexibility index (Phi) is 2.12. The van der Waals surface area contributed by atoms with Crippen molar-refractivity contribution < 1.29 is 9.47 Å². The van der Waals surface area contributed by atoms with Gasteiger partial charge in [-0.05, 0) is 37.7 Å². The zero-order chi connectivity index (χ0) is 12.3. The second kappa shape index (κ2) is 3.51. The standard InChI is InChI=1S/C16H20O2/c1-10-8-16(2)13-7-11(10)9-17-15(13)12-5-3-4-6-14(12)18-16/h3-6,10-11,13,15H,7-9H2,1-2H3/t10-,11+,13+,15-,16-/m0/s1. The Hall–Kier alpha value is -1.02. The summed E-state index contributed by atoms with van der Waals surface area (Å²) in [6.45, 7) is 5.55. The van der Waals surface area contributed by atoms with Crippen molar-refractivity contribution in [3.63, 3.8) is 0 Å². The lowest BCUT2D eigenvalue weighted by Gasteiger charge is -2.55. The van der Waals surface area contributed by atoms with E-state index >= 15 is 0 Å². The molecule has 2 heteroatoms. The number of fused-ring (bicyclic) bond motifs is 3. The number of benzene rings is 1. The summed E-state index contributed by atoms with van der Waals surface area (Å²) in [7, 11) is 0. The van der Waals surface area contributed by atoms with Gasteiger partial charge in [-0.3, -0.25) is 0 Å². The molecule has 1 aromatic carbocycles. The molecular formula is C16H20O2. The van der Waals surface area contributed by atoms with E-state index in [-0.39, 0.29) is 11.7 Å². The first-order chi connectivity index (χ1) is 8.67. The van der Waals surface area contributed by atoms with Crippen LogP contribution in [0.2, 0.25) is 0 Å². The second-order valence-electron chi connectivity index (χ2n) is 6.49. The van der Waals surface area contributed by atoms with Gasteiger partial charge < -0.3 is 9.47 Å². The van der Waals surface area contributed by atoms with Gasteiger partial charge in [-0.2, -0.15) is 0 Å². The van der Waals surface area contributed by atoms with Crippen molar-refractivity contribution in [1.29, 1.82) is 0 Å². The van der Waals surface area contributed by atoms with Gasteiger partial charge in [0.15, 0.2) is 0 Å². The molecule has 0 aromatic heterocycles. The molecule has 1 saturated heterocycles. The maximum absolute atomic E-state index is 6.37. The van der Waals surface area contributed by atoms with Gasteiger partial charge in [-0.25, -0.2) is 0 Å². The minimum atomic E-state index is -0.0324. The summed E-state index contributed by atoms with van der Waals surface area (Å²) in [6.07, 6.45) is 2.68. The molecule has 96 valence electrons. The highest BCUT2D eigenvalue weighted by Gasteiger charge is 2.54. The molecule has 0 N–H and O–H groups in total. The zero-order valence-corrected chi connectivity index (χ0v) is 11.1. The van der Waals surface area contributed by atoms with Gasteiger partial charge in [0.1, 0.15) is 11.4 Å². The van der Waals surface area contributed by atoms with Crippen molar-refractivity contribution in [3.05, 3.63) is 29.8 Å². The smallest absolute Gasteiger partial charge is 0.125 e. The van der Waals surface area contributed by atoms with Crippen LogP contribution in [0.15, 0.2) is 24.3 Å². The molecule has 1 aliphatic carbocycles. The van der Waals surface area contributed by atoms with Crippen LogP contribution in [0, 0.1) is 17.8 Å². The van der Waals surface area contributed by atoms with Crippen LogP contribution in [0.1, 0.15) is 38.4 Å². The molecule has 0 spiro atoms. The van der Waals surface area contributed by atoms with E-state index in [0.29, 0.717) is 11.8 Å². The first-order valence-electron chi connectivity index (χ1n) is 7.07. The highest BCUT2D eigenvalue weighted by atomic mass is 16.5. The lowest BCUT2D eigenvalue weighted by Crippen LogP contribution is -2.56. The molecule has 2 fully saturated rings. The van der Waals surface area contributed by atoms with Crippen LogP contribution in [-0.2, 0) is 4.74 Å². The maximum atomic E-state index is 6.37. The van der Waals surface area contributed by atoms with Gasteiger partial charge in [0.2, 0.25) is 0 Å². The molecule has 1 aromatic rings. The summed E-state index contributed by atoms with van der Waals surface area (Å²) in [5.41, 5.74) is 1.23. The van der Waals surface area contributed by atoms with Gasteiger partial charge in [0.25, 0.3) is 0 Å². The monoisotopic (exact) mass is 244 g/mol. The molecular weight excluding hydrogens is 224 g/mol. The van der Waals surface area contributed by atoms with E-state index in [9.17, 15) is 0 Å². The van der Waals surface area contributed by atoms with E-state index in [4.69, 9.17) is 9.47 Å². The third-order valence-corrected chi connectivity index (χ3v) is 5.30. The molecule has 0 unspecified atom stereocenters. The molecule has 4 rings (SSSR count). The van der Waals surface area contributed by atoms with Crippen LogP contribution in [0.3, 0.4) is 0 Å². The van der Waals surface area contributed by atoms with E-state index in [1.807, 2.05) is 0 Å². The molecule has 2 aliphatic heterocycles. The third kappa shape index (κ3) is 1.33. The third-order valence-electron chi connectivity index (χ3n) is 5.30. The molecule has 3 aliphatic rings. The van der Waals surface area contributed by atoms with Crippen LogP contribution in [0.5, 0.6) is 5.75 Å². The Balaban J connectivity index is 1.83. The molecule has 2 heterocycles. The van der Waals surface area contributed by atoms with Crippen molar-refractivity contribution in [2.24, 2.45) is 17.8 Å². The fourth-order valence-corrected chi connectivity index (χ4v) is 4.27. The van der Waals surface area contributed by atoms with E-state index in [1.54, 1.807) is 0 Å². The minimum absolute atomic E-state index is 0.0324. The van der Waals surface area contributed by atoms with Gasteiger partial charge in [0, 0.05) is 11.5 Å². The molecule has 0 radical (unpaired) electrons. The lowest BCUT2D eigenvalue weighted by molar-refractivity contribution is -0.184. The molecule has 5 atom stereocenters. The lowest BCUT2D eigenvalue weighted by atomic mass is 9.62. The summed E-state index contributed by atoms with van der Waals surface area (Å²) in [5.74, 6) is 3.00. The van der Waals surface area contributed by atoms with E-state index < -0.39 is 0 Å². The minimum Gasteiger partial charge on any atom is -0.487 e. The van der Waals surface area contributed by atoms with Crippen molar-refractivity contribution in [2.45, 2.75) is 38.4 Å². The number of ether oxygens (including phenoxy) is 2. The summed E-state index contributed by atoms with van der Waals surface area (Å²) >= 11 is 0. The first-order valence-corrected chi connectivity index (χ1v) is 7.07. The average Bonchev–Trinajstić information content (AvgIpc) is 2.37. The van der Waals surface area contributed by atoms with Gasteiger partial charge in [0.05, 0.1) is 12.7 Å². The molecule has 0 amide bonds. The van der Waals surface area contributed by atoms with E-state index in [0.717, 1.165) is 24.7 Å². The van der Waals surface area contributed by atoms with Crippen LogP contribution >= 0.6 is 0 Å². The van der Waals surface area contributed by atoms with Crippen LogP contribution in [0.4, 0.5) is 0 Å². The summed E-state index contributed by atoms with van der Waals surface area (Å²) < 4.78 is 12.6. The second-order valence-corrected chi connectivity index (χ2v) is 6.49. The zero-order valence-electron chi connectivity index (χ0n) is 11.1. The van der Waals surface area contributed by atoms with Crippen molar-refractivity contribution in [2.75, 3.05) is 6.61 Å². The number of hydrogen-bond donors (Lipinski definition) is 0. The van der Waals surface area contributed by atoms with Crippen molar-refractivity contribution in [1.82, 2.24) is 0 Å². The molecule has 2 bridgehead atoms. The highest BCUT2D eigenvalue weighted by molar-refractivity contribution is 5.39. The summed E-state index contributed by atoms with van der Waals surface area (Å²) in [6, 6.07) is 8.40. The SMILES string of the molecule is C[C@H]1C[C@]2(C)Oc3ccccc3[C@@H]3OC[C@H]1C[C@H]32. The number of para-hydroxylation sites is 1. The Morgan fingerprint density at radius 3 is 3.00 bits per heavy atom. The summed E-state index contributed by atoms with van der Waals surface area (Å²) in [4.78, 5) is 0. The van der Waals surface area contributed by atoms with Crippen LogP contribution in [-0.4, -0.2) is 12.2 Å². The van der Waals surface area contributed by atoms with Crippen LogP contribution in [0.25, 0.3) is 0 Å². The van der Waals surface area contributed by atoms with E-state index in [1.165, 1.54) is 12.0 Å². The first kappa shape index (κ1) is 10.9. The normalized spacial score (nSPS) is 45.0. The van der Waals surface area contributed by atoms with Gasteiger partial charge >= 0.3 is 0 Å². The fourth-order valence-electron chi connectivity index (χ4n) is 4.27. The Morgan fingerprint density at radius 1 is 1.28 bits per heavy atom. The Morgan fingerprint density at radius 2 is 2.11 bits per heavy atom. The van der Waals surface area contributed by atoms with Crippen molar-refractivity contribution in [3.8, 4) is 5.75 Å². The quantitative estimate of drug-likeness (QED) is 0.694. The molecule has 18 heavy (non-hydrogen) atoms. The average molecular weight is 244 g/mol. The van der Waals surface area contributed by atoms with E-state index in [2.05, 4.69) is 38.1 Å².